The van der Waals surface area contributed by atoms with E-state index in [0.29, 0.717) is 0 Å². The van der Waals surface area contributed by atoms with Gasteiger partial charge in [-0.15, -0.1) is 0 Å². The number of fused-ring (bicyclic) bond motifs is 1. The first-order valence-corrected chi connectivity index (χ1v) is 6.71. The van der Waals surface area contributed by atoms with E-state index in [4.69, 9.17) is 10.5 Å². The first-order valence-electron chi connectivity index (χ1n) is 6.71. The third-order valence-electron chi connectivity index (χ3n) is 3.88. The van der Waals surface area contributed by atoms with Gasteiger partial charge < -0.3 is 15.4 Å². The first kappa shape index (κ1) is 14.0. The Bertz CT molecular complexity index is 448. The normalized spacial score (nSPS) is 19.6. The standard InChI is InChI=1S/C15H22N2O2/c1-17(15(18)14(16)10-19-2)13-8-7-11-5-3-4-6-12(11)9-13/h3-6,13-14H,7-10,16H2,1-2H3. The van der Waals surface area contributed by atoms with Crippen LogP contribution in [0, 0.1) is 0 Å². The van der Waals surface area contributed by atoms with Crippen LogP contribution in [0.5, 0.6) is 0 Å². The zero-order chi connectivity index (χ0) is 13.8. The second-order valence-electron chi connectivity index (χ2n) is 5.18. The molecular weight excluding hydrogens is 240 g/mol. The van der Waals surface area contributed by atoms with Gasteiger partial charge in [-0.05, 0) is 30.4 Å². The molecule has 0 spiro atoms. The summed E-state index contributed by atoms with van der Waals surface area (Å²) in [5.41, 5.74) is 8.56. The number of likely N-dealkylation sites (N-methyl/N-ethyl adjacent to an activating group) is 1. The van der Waals surface area contributed by atoms with Gasteiger partial charge in [0.05, 0.1) is 6.61 Å². The molecule has 4 nitrogen and oxygen atoms in total. The summed E-state index contributed by atoms with van der Waals surface area (Å²) in [7, 11) is 3.40. The van der Waals surface area contributed by atoms with E-state index in [1.165, 1.54) is 11.1 Å². The number of rotatable bonds is 4. The second kappa shape index (κ2) is 6.17. The number of nitrogens with zero attached hydrogens (tertiary/aromatic N) is 1. The molecule has 2 N–H and O–H groups in total. The molecule has 0 radical (unpaired) electrons. The van der Waals surface area contributed by atoms with Gasteiger partial charge in [0.25, 0.3) is 0 Å². The number of carbonyl (C=O) groups excluding carboxylic acids is 1. The highest BCUT2D eigenvalue weighted by molar-refractivity contribution is 5.81. The van der Waals surface area contributed by atoms with Gasteiger partial charge in [-0.3, -0.25) is 4.79 Å². The van der Waals surface area contributed by atoms with Gasteiger partial charge in [-0.1, -0.05) is 24.3 Å². The Hall–Kier alpha value is -1.39. The minimum Gasteiger partial charge on any atom is -0.383 e. The SMILES string of the molecule is COCC(N)C(=O)N(C)C1CCc2ccccc2C1. The number of hydrogen-bond acceptors (Lipinski definition) is 3. The lowest BCUT2D eigenvalue weighted by Gasteiger charge is -2.33. The molecule has 0 fully saturated rings. The van der Waals surface area contributed by atoms with E-state index in [0.717, 1.165) is 19.3 Å². The Morgan fingerprint density at radius 2 is 2.16 bits per heavy atom. The van der Waals surface area contributed by atoms with Crippen LogP contribution in [0.15, 0.2) is 24.3 Å². The van der Waals surface area contributed by atoms with Gasteiger partial charge in [0.15, 0.2) is 0 Å². The molecule has 2 unspecified atom stereocenters. The summed E-state index contributed by atoms with van der Waals surface area (Å²) in [5.74, 6) is -0.0359. The average molecular weight is 262 g/mol. The number of amides is 1. The molecule has 0 aromatic heterocycles. The van der Waals surface area contributed by atoms with E-state index in [1.54, 1.807) is 12.0 Å². The fourth-order valence-corrected chi connectivity index (χ4v) is 2.70. The molecule has 1 aromatic carbocycles. The maximum atomic E-state index is 12.2. The Morgan fingerprint density at radius 1 is 1.47 bits per heavy atom. The van der Waals surface area contributed by atoms with Gasteiger partial charge in [0.1, 0.15) is 6.04 Å². The number of hydrogen-bond donors (Lipinski definition) is 1. The molecule has 0 saturated carbocycles. The summed E-state index contributed by atoms with van der Waals surface area (Å²) in [5, 5.41) is 0. The van der Waals surface area contributed by atoms with Crippen molar-refractivity contribution >= 4 is 5.91 Å². The summed E-state index contributed by atoms with van der Waals surface area (Å²) in [6, 6.07) is 8.12. The summed E-state index contributed by atoms with van der Waals surface area (Å²) in [6.45, 7) is 0.270. The van der Waals surface area contributed by atoms with E-state index in [2.05, 4.69) is 24.3 Å². The van der Waals surface area contributed by atoms with Gasteiger partial charge in [0.2, 0.25) is 5.91 Å². The Labute approximate surface area is 114 Å². The minimum atomic E-state index is -0.563. The van der Waals surface area contributed by atoms with Crippen LogP contribution >= 0.6 is 0 Å². The predicted octanol–water partition coefficient (Wildman–Crippen LogP) is 0.976. The van der Waals surface area contributed by atoms with E-state index in [9.17, 15) is 4.79 Å². The monoisotopic (exact) mass is 262 g/mol. The quantitative estimate of drug-likeness (QED) is 0.880. The highest BCUT2D eigenvalue weighted by Gasteiger charge is 2.27. The Morgan fingerprint density at radius 3 is 2.84 bits per heavy atom. The fraction of sp³-hybridized carbons (Fsp3) is 0.533. The van der Waals surface area contributed by atoms with Gasteiger partial charge in [-0.2, -0.15) is 0 Å². The Balaban J connectivity index is 2.02. The summed E-state index contributed by atoms with van der Waals surface area (Å²) >= 11 is 0. The fourth-order valence-electron chi connectivity index (χ4n) is 2.70. The van der Waals surface area contributed by atoms with Gasteiger partial charge in [-0.25, -0.2) is 0 Å². The molecule has 2 atom stereocenters. The molecule has 2 rings (SSSR count). The second-order valence-corrected chi connectivity index (χ2v) is 5.18. The lowest BCUT2D eigenvalue weighted by molar-refractivity contribution is -0.134. The molecule has 0 heterocycles. The molecule has 0 saturated heterocycles. The minimum absolute atomic E-state index is 0.0359. The molecule has 1 aliphatic rings. The highest BCUT2D eigenvalue weighted by atomic mass is 16.5. The van der Waals surface area contributed by atoms with Crippen LogP contribution in [-0.2, 0) is 22.4 Å². The van der Waals surface area contributed by atoms with Crippen molar-refractivity contribution in [1.82, 2.24) is 4.90 Å². The van der Waals surface area contributed by atoms with Crippen molar-refractivity contribution in [3.8, 4) is 0 Å². The van der Waals surface area contributed by atoms with Crippen LogP contribution in [0.3, 0.4) is 0 Å². The predicted molar refractivity (Wildman–Crippen MR) is 74.9 cm³/mol. The zero-order valence-electron chi connectivity index (χ0n) is 11.6. The van der Waals surface area contributed by atoms with Crippen LogP contribution in [0.25, 0.3) is 0 Å². The van der Waals surface area contributed by atoms with Gasteiger partial charge >= 0.3 is 0 Å². The lowest BCUT2D eigenvalue weighted by Crippen LogP contribution is -2.49. The zero-order valence-corrected chi connectivity index (χ0v) is 11.6. The average Bonchev–Trinajstić information content (AvgIpc) is 2.45. The summed E-state index contributed by atoms with van der Waals surface area (Å²) < 4.78 is 4.95. The molecular formula is C15H22N2O2. The highest BCUT2D eigenvalue weighted by Crippen LogP contribution is 2.24. The van der Waals surface area contributed by atoms with E-state index < -0.39 is 6.04 Å². The van der Waals surface area contributed by atoms with Crippen molar-refractivity contribution in [3.05, 3.63) is 35.4 Å². The van der Waals surface area contributed by atoms with Crippen LogP contribution in [0.2, 0.25) is 0 Å². The van der Waals surface area contributed by atoms with Crippen LogP contribution < -0.4 is 5.73 Å². The third kappa shape index (κ3) is 3.14. The number of methoxy groups -OCH3 is 1. The van der Waals surface area contributed by atoms with E-state index in [1.807, 2.05) is 7.05 Å². The van der Waals surface area contributed by atoms with Crippen molar-refractivity contribution in [2.24, 2.45) is 5.73 Å². The molecule has 0 aliphatic heterocycles. The number of benzene rings is 1. The topological polar surface area (TPSA) is 55.6 Å². The third-order valence-corrected chi connectivity index (χ3v) is 3.88. The molecule has 19 heavy (non-hydrogen) atoms. The maximum Gasteiger partial charge on any atom is 0.241 e. The van der Waals surface area contributed by atoms with Crippen molar-refractivity contribution in [2.75, 3.05) is 20.8 Å². The van der Waals surface area contributed by atoms with Crippen molar-refractivity contribution in [3.63, 3.8) is 0 Å². The number of nitrogens with two attached hydrogens (primary N) is 1. The smallest absolute Gasteiger partial charge is 0.241 e. The number of carbonyl (C=O) groups is 1. The summed E-state index contributed by atoms with van der Waals surface area (Å²) in [4.78, 5) is 14.0. The van der Waals surface area contributed by atoms with Crippen molar-refractivity contribution < 1.29 is 9.53 Å². The molecule has 0 bridgehead atoms. The maximum absolute atomic E-state index is 12.2. The molecule has 4 heteroatoms. The molecule has 1 aliphatic carbocycles. The molecule has 1 aromatic rings. The largest absolute Gasteiger partial charge is 0.383 e. The lowest BCUT2D eigenvalue weighted by atomic mass is 9.87. The molecule has 1 amide bonds. The van der Waals surface area contributed by atoms with Crippen LogP contribution in [-0.4, -0.2) is 43.7 Å². The van der Waals surface area contributed by atoms with E-state index >= 15 is 0 Å². The summed E-state index contributed by atoms with van der Waals surface area (Å²) in [6.07, 6.45) is 2.94. The van der Waals surface area contributed by atoms with Crippen molar-refractivity contribution in [2.45, 2.75) is 31.3 Å². The van der Waals surface area contributed by atoms with Crippen LogP contribution in [0.1, 0.15) is 17.5 Å². The van der Waals surface area contributed by atoms with E-state index in [-0.39, 0.29) is 18.6 Å². The Kier molecular flexibility index (Phi) is 4.56. The first-order chi connectivity index (χ1) is 9.13. The van der Waals surface area contributed by atoms with Gasteiger partial charge in [0, 0.05) is 20.2 Å². The van der Waals surface area contributed by atoms with Crippen molar-refractivity contribution in [1.29, 1.82) is 0 Å². The number of aryl methyl sites for hydroxylation is 1. The van der Waals surface area contributed by atoms with Crippen LogP contribution in [0.4, 0.5) is 0 Å². The molecule has 104 valence electrons. The number of ether oxygens (including phenoxy) is 1.